The third kappa shape index (κ3) is 4.93. The molecule has 0 saturated heterocycles. The van der Waals surface area contributed by atoms with Gasteiger partial charge in [0.15, 0.2) is 0 Å². The molecule has 3 nitrogen and oxygen atoms in total. The maximum absolute atomic E-state index is 10.8. The van der Waals surface area contributed by atoms with Gasteiger partial charge in [0.05, 0.1) is 15.7 Å². The molecule has 1 N–H and O–H groups in total. The van der Waals surface area contributed by atoms with Crippen molar-refractivity contribution in [1.82, 2.24) is 0 Å². The first-order valence-corrected chi connectivity index (χ1v) is 6.88. The molecule has 0 aliphatic rings. The summed E-state index contributed by atoms with van der Waals surface area (Å²) in [6.07, 6.45) is 4.67. The topological polar surface area (TPSA) is 46.5 Å². The molecule has 0 amide bonds. The fraction of sp³-hybridized carbons (Fsp3) is 0.462. The Morgan fingerprint density at radius 1 is 1.35 bits per heavy atom. The predicted octanol–water partition coefficient (Wildman–Crippen LogP) is 3.95. The van der Waals surface area contributed by atoms with Crippen LogP contribution in [0.3, 0.4) is 0 Å². The highest BCUT2D eigenvalue weighted by Gasteiger charge is 2.07. The quantitative estimate of drug-likeness (QED) is 0.600. The molecule has 1 rings (SSSR count). The molecule has 0 spiro atoms. The summed E-state index contributed by atoms with van der Waals surface area (Å²) in [5.74, 6) is -0.135. The van der Waals surface area contributed by atoms with Gasteiger partial charge in [-0.1, -0.05) is 26.2 Å². The van der Waals surface area contributed by atoms with E-state index in [-0.39, 0.29) is 0 Å². The molecule has 0 fully saturated rings. The molecular weight excluding hydrogens is 331 g/mol. The second-order valence-electron chi connectivity index (χ2n) is 3.86. The highest BCUT2D eigenvalue weighted by atomic mass is 127. The Morgan fingerprint density at radius 3 is 2.71 bits per heavy atom. The van der Waals surface area contributed by atoms with Crippen molar-refractivity contribution in [2.24, 2.45) is 0 Å². The first-order valence-electron chi connectivity index (χ1n) is 5.80. The number of halogens is 1. The van der Waals surface area contributed by atoms with Crippen LogP contribution in [0.2, 0.25) is 0 Å². The van der Waals surface area contributed by atoms with E-state index in [1.165, 1.54) is 19.3 Å². The Hall–Kier alpha value is -0.780. The number of carboxylic acid groups (broad SMARTS) is 1. The van der Waals surface area contributed by atoms with Crippen molar-refractivity contribution in [3.63, 3.8) is 0 Å². The van der Waals surface area contributed by atoms with E-state index in [9.17, 15) is 4.79 Å². The summed E-state index contributed by atoms with van der Waals surface area (Å²) in [7, 11) is 0. The van der Waals surface area contributed by atoms with Crippen molar-refractivity contribution in [3.8, 4) is 5.75 Å². The Balaban J connectivity index is 2.46. The lowest BCUT2D eigenvalue weighted by Gasteiger charge is -2.08. The monoisotopic (exact) mass is 348 g/mol. The second kappa shape index (κ2) is 7.53. The van der Waals surface area contributed by atoms with Crippen molar-refractivity contribution < 1.29 is 14.6 Å². The molecule has 0 unspecified atom stereocenters. The third-order valence-corrected chi connectivity index (χ3v) is 3.28. The standard InChI is InChI=1S/C13H17IO3/c1-2-3-4-5-8-17-12-7-6-10(13(15)16)9-11(12)14/h6-7,9H,2-5,8H2,1H3,(H,15,16). The molecule has 1 aromatic carbocycles. The van der Waals surface area contributed by atoms with Crippen molar-refractivity contribution in [2.75, 3.05) is 6.61 Å². The minimum atomic E-state index is -0.905. The lowest BCUT2D eigenvalue weighted by molar-refractivity contribution is 0.0697. The van der Waals surface area contributed by atoms with Crippen LogP contribution in [0.25, 0.3) is 0 Å². The second-order valence-corrected chi connectivity index (χ2v) is 5.02. The number of carboxylic acids is 1. The van der Waals surface area contributed by atoms with Crippen LogP contribution in [0, 0.1) is 3.57 Å². The predicted molar refractivity (Wildman–Crippen MR) is 75.8 cm³/mol. The van der Waals surface area contributed by atoms with E-state index < -0.39 is 5.97 Å². The molecule has 0 aliphatic heterocycles. The fourth-order valence-electron chi connectivity index (χ4n) is 1.46. The summed E-state index contributed by atoms with van der Waals surface area (Å²) < 4.78 is 6.46. The van der Waals surface area contributed by atoms with Gasteiger partial charge in [-0.3, -0.25) is 0 Å². The van der Waals surface area contributed by atoms with Gasteiger partial charge in [0.1, 0.15) is 5.75 Å². The number of hydrogen-bond donors (Lipinski definition) is 1. The van der Waals surface area contributed by atoms with Gasteiger partial charge >= 0.3 is 5.97 Å². The van der Waals surface area contributed by atoms with Crippen LogP contribution in [0.4, 0.5) is 0 Å². The number of unbranched alkanes of at least 4 members (excludes halogenated alkanes) is 3. The van der Waals surface area contributed by atoms with E-state index in [1.54, 1.807) is 18.2 Å². The zero-order valence-corrected chi connectivity index (χ0v) is 12.1. The summed E-state index contributed by atoms with van der Waals surface area (Å²) in [6, 6.07) is 4.93. The van der Waals surface area contributed by atoms with Gasteiger partial charge in [0.2, 0.25) is 0 Å². The zero-order valence-electron chi connectivity index (χ0n) is 9.91. The van der Waals surface area contributed by atoms with Gasteiger partial charge in [0, 0.05) is 0 Å². The van der Waals surface area contributed by atoms with E-state index >= 15 is 0 Å². The molecule has 4 heteroatoms. The van der Waals surface area contributed by atoms with E-state index in [1.807, 2.05) is 0 Å². The first-order chi connectivity index (χ1) is 8.15. The van der Waals surface area contributed by atoms with E-state index in [0.717, 1.165) is 15.7 Å². The molecule has 0 bridgehead atoms. The third-order valence-electron chi connectivity index (χ3n) is 2.43. The summed E-state index contributed by atoms with van der Waals surface area (Å²) in [5, 5.41) is 8.83. The molecule has 0 aliphatic carbocycles. The molecular formula is C13H17IO3. The van der Waals surface area contributed by atoms with Gasteiger partial charge in [0.25, 0.3) is 0 Å². The average Bonchev–Trinajstić information content (AvgIpc) is 2.30. The van der Waals surface area contributed by atoms with Crippen LogP contribution in [-0.4, -0.2) is 17.7 Å². The molecule has 94 valence electrons. The van der Waals surface area contributed by atoms with Crippen LogP contribution in [-0.2, 0) is 0 Å². The summed E-state index contributed by atoms with van der Waals surface area (Å²) in [5.41, 5.74) is 0.299. The molecule has 17 heavy (non-hydrogen) atoms. The average molecular weight is 348 g/mol. The molecule has 0 radical (unpaired) electrons. The number of carbonyl (C=O) groups is 1. The van der Waals surface area contributed by atoms with Crippen molar-refractivity contribution in [1.29, 1.82) is 0 Å². The summed E-state index contributed by atoms with van der Waals surface area (Å²) in [6.45, 7) is 2.87. The minimum absolute atomic E-state index is 0.299. The molecule has 0 atom stereocenters. The summed E-state index contributed by atoms with van der Waals surface area (Å²) in [4.78, 5) is 10.8. The van der Waals surface area contributed by atoms with Crippen molar-refractivity contribution in [3.05, 3.63) is 27.3 Å². The van der Waals surface area contributed by atoms with Crippen LogP contribution in [0.15, 0.2) is 18.2 Å². The van der Waals surface area contributed by atoms with Crippen LogP contribution < -0.4 is 4.74 Å². The highest BCUT2D eigenvalue weighted by molar-refractivity contribution is 14.1. The van der Waals surface area contributed by atoms with Gasteiger partial charge < -0.3 is 9.84 Å². The Bertz CT molecular complexity index is 377. The van der Waals surface area contributed by atoms with E-state index in [4.69, 9.17) is 9.84 Å². The molecule has 0 heterocycles. The normalized spacial score (nSPS) is 10.2. The lowest BCUT2D eigenvalue weighted by Crippen LogP contribution is -2.01. The van der Waals surface area contributed by atoms with Gasteiger partial charge in [-0.2, -0.15) is 0 Å². The number of hydrogen-bond acceptors (Lipinski definition) is 2. The van der Waals surface area contributed by atoms with E-state index in [2.05, 4.69) is 29.5 Å². The van der Waals surface area contributed by atoms with Crippen LogP contribution in [0.1, 0.15) is 43.0 Å². The largest absolute Gasteiger partial charge is 0.492 e. The molecule has 1 aromatic rings. The van der Waals surface area contributed by atoms with Gasteiger partial charge in [-0.25, -0.2) is 4.79 Å². The number of ether oxygens (including phenoxy) is 1. The van der Waals surface area contributed by atoms with Gasteiger partial charge in [-0.05, 0) is 47.2 Å². The first kappa shape index (κ1) is 14.3. The molecule has 0 saturated carbocycles. The maximum atomic E-state index is 10.8. The number of aromatic carboxylic acids is 1. The minimum Gasteiger partial charge on any atom is -0.492 e. The molecule has 0 aromatic heterocycles. The van der Waals surface area contributed by atoms with Crippen molar-refractivity contribution >= 4 is 28.6 Å². The Kier molecular flexibility index (Phi) is 6.32. The van der Waals surface area contributed by atoms with Crippen LogP contribution >= 0.6 is 22.6 Å². The van der Waals surface area contributed by atoms with Crippen molar-refractivity contribution in [2.45, 2.75) is 32.6 Å². The van der Waals surface area contributed by atoms with Gasteiger partial charge in [-0.15, -0.1) is 0 Å². The fourth-order valence-corrected chi connectivity index (χ4v) is 2.13. The SMILES string of the molecule is CCCCCCOc1ccc(C(=O)O)cc1I. The Morgan fingerprint density at radius 2 is 2.12 bits per heavy atom. The zero-order chi connectivity index (χ0) is 12.7. The lowest BCUT2D eigenvalue weighted by atomic mass is 10.2. The van der Waals surface area contributed by atoms with E-state index in [0.29, 0.717) is 12.2 Å². The highest BCUT2D eigenvalue weighted by Crippen LogP contribution is 2.22. The summed E-state index contributed by atoms with van der Waals surface area (Å²) >= 11 is 2.10. The van der Waals surface area contributed by atoms with Crippen LogP contribution in [0.5, 0.6) is 5.75 Å². The number of benzene rings is 1. The Labute approximate surface area is 115 Å². The smallest absolute Gasteiger partial charge is 0.335 e. The maximum Gasteiger partial charge on any atom is 0.335 e. The number of rotatable bonds is 7.